The summed E-state index contributed by atoms with van der Waals surface area (Å²) in [7, 11) is 2.99. The number of aromatic nitrogens is 4. The molecule has 188 valence electrons. The molecule has 0 bridgehead atoms. The Morgan fingerprint density at radius 3 is 2.34 bits per heavy atom. The second kappa shape index (κ2) is 8.47. The van der Waals surface area contributed by atoms with Crippen LogP contribution in [0, 0.1) is 0 Å². The van der Waals surface area contributed by atoms with Crippen molar-refractivity contribution in [3.8, 4) is 17.1 Å². The second-order valence-electron chi connectivity index (χ2n) is 7.99. The van der Waals surface area contributed by atoms with Crippen molar-refractivity contribution in [3.63, 3.8) is 0 Å². The molecule has 0 fully saturated rings. The van der Waals surface area contributed by atoms with Crippen LogP contribution in [0.5, 0.6) is 5.75 Å². The lowest BCUT2D eigenvalue weighted by Crippen LogP contribution is -2.39. The summed E-state index contributed by atoms with van der Waals surface area (Å²) in [6.45, 7) is 1.89. The molecule has 1 aliphatic rings. The van der Waals surface area contributed by atoms with Gasteiger partial charge < -0.3 is 9.64 Å². The van der Waals surface area contributed by atoms with Crippen LogP contribution in [0.25, 0.3) is 11.4 Å². The molecular formula is C21H18ClF6N5O2. The van der Waals surface area contributed by atoms with E-state index in [1.54, 1.807) is 14.0 Å². The van der Waals surface area contributed by atoms with E-state index < -0.39 is 35.9 Å². The topological polar surface area (TPSA) is 65.2 Å². The van der Waals surface area contributed by atoms with E-state index in [0.29, 0.717) is 17.0 Å². The van der Waals surface area contributed by atoms with Crippen molar-refractivity contribution in [1.82, 2.24) is 24.5 Å². The molecule has 0 saturated carbocycles. The Labute approximate surface area is 199 Å². The van der Waals surface area contributed by atoms with Gasteiger partial charge in [-0.3, -0.25) is 14.2 Å². The second-order valence-corrected chi connectivity index (χ2v) is 8.39. The van der Waals surface area contributed by atoms with Gasteiger partial charge in [-0.1, -0.05) is 11.6 Å². The minimum absolute atomic E-state index is 0.0194. The van der Waals surface area contributed by atoms with Gasteiger partial charge in [-0.25, -0.2) is 0 Å². The zero-order valence-corrected chi connectivity index (χ0v) is 19.3. The summed E-state index contributed by atoms with van der Waals surface area (Å²) < 4.78 is 83.2. The first kappa shape index (κ1) is 24.9. The zero-order chi connectivity index (χ0) is 25.9. The first-order valence-electron chi connectivity index (χ1n) is 10.2. The number of benzene rings is 1. The predicted molar refractivity (Wildman–Crippen MR) is 112 cm³/mol. The van der Waals surface area contributed by atoms with Crippen LogP contribution in [-0.4, -0.2) is 43.3 Å². The highest BCUT2D eigenvalue weighted by atomic mass is 35.5. The van der Waals surface area contributed by atoms with Crippen LogP contribution in [0.15, 0.2) is 24.3 Å². The van der Waals surface area contributed by atoms with E-state index in [1.165, 1.54) is 16.6 Å². The van der Waals surface area contributed by atoms with E-state index in [-0.39, 0.29) is 29.2 Å². The van der Waals surface area contributed by atoms with Gasteiger partial charge in [-0.2, -0.15) is 23.4 Å². The van der Waals surface area contributed by atoms with Crippen LogP contribution in [0.1, 0.15) is 40.3 Å². The third-order valence-corrected chi connectivity index (χ3v) is 6.03. The minimum atomic E-state index is -4.90. The zero-order valence-electron chi connectivity index (χ0n) is 18.5. The predicted octanol–water partition coefficient (Wildman–Crippen LogP) is 5.15. The number of hydrogen-bond acceptors (Lipinski definition) is 4. The molecule has 1 atom stereocenters. The Morgan fingerprint density at radius 1 is 1.09 bits per heavy atom. The Bertz CT molecular complexity index is 1300. The fourth-order valence-corrected chi connectivity index (χ4v) is 4.44. The van der Waals surface area contributed by atoms with Crippen LogP contribution in [0.4, 0.5) is 26.3 Å². The lowest BCUT2D eigenvalue weighted by atomic mass is 9.96. The highest BCUT2D eigenvalue weighted by Crippen LogP contribution is 2.38. The van der Waals surface area contributed by atoms with Crippen LogP contribution >= 0.6 is 11.6 Å². The van der Waals surface area contributed by atoms with E-state index in [9.17, 15) is 31.1 Å². The smallest absolute Gasteiger partial charge is 0.406 e. The molecule has 1 amide bonds. The number of alkyl halides is 6. The summed E-state index contributed by atoms with van der Waals surface area (Å²) in [4.78, 5) is 14.6. The number of fused-ring (bicyclic) bond motifs is 1. The molecular weight excluding hydrogens is 504 g/mol. The van der Waals surface area contributed by atoms with Gasteiger partial charge >= 0.3 is 12.5 Å². The number of aryl methyl sites for hydroxylation is 2. The van der Waals surface area contributed by atoms with E-state index in [0.717, 1.165) is 28.9 Å². The van der Waals surface area contributed by atoms with Gasteiger partial charge in [-0.05, 0) is 37.6 Å². The van der Waals surface area contributed by atoms with Crippen LogP contribution < -0.4 is 4.74 Å². The van der Waals surface area contributed by atoms with Gasteiger partial charge in [0.2, 0.25) is 0 Å². The molecule has 14 heteroatoms. The molecule has 0 spiro atoms. The average molecular weight is 522 g/mol. The molecule has 0 saturated heterocycles. The third kappa shape index (κ3) is 4.68. The maximum Gasteiger partial charge on any atom is 0.573 e. The number of amides is 1. The summed E-state index contributed by atoms with van der Waals surface area (Å²) in [6.07, 6.45) is -9.23. The van der Waals surface area contributed by atoms with Crippen LogP contribution in [0.2, 0.25) is 5.02 Å². The standard InChI is InChI=1S/C21H18ClF6N5O2/c1-10-17-13(18(32(3)30-17)15-9-16(20(23,24)25)29-31(15)2)6-7-33(10)19(34)12-5-4-11(8-14(12)22)35-21(26,27)28/h4-5,8-10H,6-7H2,1-3H3/t10-/m0/s1. The van der Waals surface area contributed by atoms with E-state index >= 15 is 0 Å². The fourth-order valence-electron chi connectivity index (χ4n) is 4.19. The molecule has 0 N–H and O–H groups in total. The van der Waals surface area contributed by atoms with Crippen molar-refractivity contribution < 1.29 is 35.9 Å². The van der Waals surface area contributed by atoms with Crippen molar-refractivity contribution in [2.24, 2.45) is 14.1 Å². The highest BCUT2D eigenvalue weighted by molar-refractivity contribution is 6.34. The molecule has 7 nitrogen and oxygen atoms in total. The van der Waals surface area contributed by atoms with Gasteiger partial charge in [0.05, 0.1) is 33.7 Å². The number of nitrogens with zero attached hydrogens (tertiary/aromatic N) is 5. The summed E-state index contributed by atoms with van der Waals surface area (Å²) in [5.41, 5.74) is 0.804. The Kier molecular flexibility index (Phi) is 6.02. The van der Waals surface area contributed by atoms with Crippen molar-refractivity contribution in [1.29, 1.82) is 0 Å². The first-order chi connectivity index (χ1) is 16.2. The largest absolute Gasteiger partial charge is 0.573 e. The molecule has 0 radical (unpaired) electrons. The van der Waals surface area contributed by atoms with Gasteiger partial charge in [0.25, 0.3) is 5.91 Å². The van der Waals surface area contributed by atoms with Gasteiger partial charge in [0, 0.05) is 26.2 Å². The summed E-state index contributed by atoms with van der Waals surface area (Å²) in [6, 6.07) is 3.41. The third-order valence-electron chi connectivity index (χ3n) is 5.72. The molecule has 3 heterocycles. The summed E-state index contributed by atoms with van der Waals surface area (Å²) in [5, 5.41) is 7.79. The van der Waals surface area contributed by atoms with Gasteiger partial charge in [0.1, 0.15) is 5.75 Å². The Balaban J connectivity index is 1.64. The Morgan fingerprint density at radius 2 is 1.77 bits per heavy atom. The summed E-state index contributed by atoms with van der Waals surface area (Å²) in [5.74, 6) is -1.09. The van der Waals surface area contributed by atoms with Crippen molar-refractivity contribution in [2.75, 3.05) is 6.54 Å². The number of carbonyl (C=O) groups is 1. The maximum atomic E-state index is 13.2. The quantitative estimate of drug-likeness (QED) is 0.447. The molecule has 0 aliphatic carbocycles. The molecule has 4 rings (SSSR count). The van der Waals surface area contributed by atoms with E-state index in [4.69, 9.17) is 11.6 Å². The molecule has 2 aromatic heterocycles. The molecule has 35 heavy (non-hydrogen) atoms. The highest BCUT2D eigenvalue weighted by Gasteiger charge is 2.38. The Hall–Kier alpha value is -3.22. The van der Waals surface area contributed by atoms with Crippen molar-refractivity contribution in [2.45, 2.75) is 31.9 Å². The molecule has 1 aromatic carbocycles. The first-order valence-corrected chi connectivity index (χ1v) is 10.6. The number of halogens is 7. The summed E-state index contributed by atoms with van der Waals surface area (Å²) >= 11 is 6.07. The molecule has 1 aliphatic heterocycles. The monoisotopic (exact) mass is 521 g/mol. The van der Waals surface area contributed by atoms with E-state index in [2.05, 4.69) is 14.9 Å². The minimum Gasteiger partial charge on any atom is -0.406 e. The SMILES string of the molecule is C[C@H]1c2nn(C)c(-c3cc(C(F)(F)F)nn3C)c2CCN1C(=O)c1ccc(OC(F)(F)F)cc1Cl. The number of carbonyl (C=O) groups excluding carboxylic acids is 1. The van der Waals surface area contributed by atoms with Gasteiger partial charge in [-0.15, -0.1) is 13.2 Å². The van der Waals surface area contributed by atoms with E-state index in [1.807, 2.05) is 0 Å². The van der Waals surface area contributed by atoms with Crippen LogP contribution in [0.3, 0.4) is 0 Å². The fraction of sp³-hybridized carbons (Fsp3) is 0.381. The molecule has 3 aromatic rings. The van der Waals surface area contributed by atoms with Crippen molar-refractivity contribution in [3.05, 3.63) is 51.8 Å². The maximum absolute atomic E-state index is 13.2. The number of rotatable bonds is 3. The van der Waals surface area contributed by atoms with Crippen molar-refractivity contribution >= 4 is 17.5 Å². The lowest BCUT2D eigenvalue weighted by Gasteiger charge is -2.33. The average Bonchev–Trinajstić information content (AvgIpc) is 3.26. The molecule has 0 unspecified atom stereocenters. The normalized spacial score (nSPS) is 16.4. The number of ether oxygens (including phenoxy) is 1. The number of hydrogen-bond donors (Lipinski definition) is 0. The van der Waals surface area contributed by atoms with Gasteiger partial charge in [0.15, 0.2) is 5.69 Å². The van der Waals surface area contributed by atoms with Crippen LogP contribution in [-0.2, 0) is 26.7 Å². The lowest BCUT2D eigenvalue weighted by molar-refractivity contribution is -0.274.